The van der Waals surface area contributed by atoms with E-state index in [0.717, 1.165) is 19.5 Å². The van der Waals surface area contributed by atoms with Crippen LogP contribution in [0.15, 0.2) is 18.2 Å². The molecule has 1 saturated heterocycles. The third kappa shape index (κ3) is 2.87. The van der Waals surface area contributed by atoms with Gasteiger partial charge in [0.15, 0.2) is 0 Å². The average molecular weight is 247 g/mol. The van der Waals surface area contributed by atoms with Crippen LogP contribution in [-0.4, -0.2) is 43.0 Å². The molecule has 3 nitrogen and oxygen atoms in total. The van der Waals surface area contributed by atoms with Gasteiger partial charge >= 0.3 is 0 Å². The number of benzene rings is 1. The van der Waals surface area contributed by atoms with Crippen molar-refractivity contribution in [2.24, 2.45) is 0 Å². The normalized spacial score (nSPS) is 20.3. The molecular weight excluding hydrogens is 229 g/mol. The van der Waals surface area contributed by atoms with E-state index >= 15 is 0 Å². The minimum absolute atomic E-state index is 0.220. The number of halogens is 1. The van der Waals surface area contributed by atoms with Gasteiger partial charge in [0, 0.05) is 31.2 Å². The molecule has 0 amide bonds. The Kier molecular flexibility index (Phi) is 3.95. The molecule has 18 heavy (non-hydrogen) atoms. The van der Waals surface area contributed by atoms with Crippen molar-refractivity contribution in [2.75, 3.05) is 27.2 Å². The Morgan fingerprint density at radius 3 is 2.89 bits per heavy atom. The van der Waals surface area contributed by atoms with Crippen molar-refractivity contribution in [3.63, 3.8) is 0 Å². The van der Waals surface area contributed by atoms with E-state index in [2.05, 4.69) is 30.0 Å². The number of hydrogen-bond donors (Lipinski definition) is 0. The zero-order valence-electron chi connectivity index (χ0n) is 10.9. The standard InChI is InChI=1S/C14H18FN3/c1-17(2)13-5-6-18(10-13)9-12-7-11(8-16)3-4-14(12)15/h3-4,7,13H,5-6,9-10H2,1-2H3. The monoisotopic (exact) mass is 247 g/mol. The van der Waals surface area contributed by atoms with Gasteiger partial charge in [0.05, 0.1) is 11.6 Å². The van der Waals surface area contributed by atoms with Crippen LogP contribution in [0.4, 0.5) is 4.39 Å². The summed E-state index contributed by atoms with van der Waals surface area (Å²) in [6.07, 6.45) is 1.12. The number of nitrogens with zero attached hydrogens (tertiary/aromatic N) is 3. The van der Waals surface area contributed by atoms with Gasteiger partial charge in [-0.25, -0.2) is 4.39 Å². The van der Waals surface area contributed by atoms with Crippen molar-refractivity contribution in [1.82, 2.24) is 9.80 Å². The average Bonchev–Trinajstić information content (AvgIpc) is 2.81. The zero-order chi connectivity index (χ0) is 13.1. The molecule has 96 valence electrons. The molecule has 1 aliphatic rings. The quantitative estimate of drug-likeness (QED) is 0.816. The molecule has 1 unspecified atom stereocenters. The van der Waals surface area contributed by atoms with Crippen LogP contribution in [0.25, 0.3) is 0 Å². The Morgan fingerprint density at radius 2 is 2.28 bits per heavy atom. The van der Waals surface area contributed by atoms with Crippen LogP contribution < -0.4 is 0 Å². The fourth-order valence-electron chi connectivity index (χ4n) is 2.38. The third-order valence-corrected chi connectivity index (χ3v) is 3.55. The van der Waals surface area contributed by atoms with Gasteiger partial charge in [-0.2, -0.15) is 5.26 Å². The van der Waals surface area contributed by atoms with Gasteiger partial charge in [-0.3, -0.25) is 4.90 Å². The molecule has 0 N–H and O–H groups in total. The summed E-state index contributed by atoms with van der Waals surface area (Å²) in [7, 11) is 4.15. The first-order valence-electron chi connectivity index (χ1n) is 6.17. The highest BCUT2D eigenvalue weighted by molar-refractivity contribution is 5.33. The van der Waals surface area contributed by atoms with Gasteiger partial charge in [-0.05, 0) is 38.7 Å². The summed E-state index contributed by atoms with van der Waals surface area (Å²) in [6, 6.07) is 7.15. The molecule has 1 heterocycles. The Bertz CT molecular complexity index is 465. The van der Waals surface area contributed by atoms with Crippen molar-refractivity contribution in [2.45, 2.75) is 19.0 Å². The highest BCUT2D eigenvalue weighted by atomic mass is 19.1. The fourth-order valence-corrected chi connectivity index (χ4v) is 2.38. The maximum absolute atomic E-state index is 13.7. The van der Waals surface area contributed by atoms with Gasteiger partial charge in [-0.15, -0.1) is 0 Å². The second-order valence-corrected chi connectivity index (χ2v) is 5.06. The predicted octanol–water partition coefficient (Wildman–Crippen LogP) is 1.83. The molecule has 1 atom stereocenters. The molecule has 1 aliphatic heterocycles. The van der Waals surface area contributed by atoms with Crippen molar-refractivity contribution in [3.05, 3.63) is 35.1 Å². The second kappa shape index (κ2) is 5.47. The fraction of sp³-hybridized carbons (Fsp3) is 0.500. The number of likely N-dealkylation sites (N-methyl/N-ethyl adjacent to an activating group) is 1. The number of nitriles is 1. The van der Waals surface area contributed by atoms with Crippen LogP contribution >= 0.6 is 0 Å². The maximum Gasteiger partial charge on any atom is 0.127 e. The molecule has 0 bridgehead atoms. The van der Waals surface area contributed by atoms with Crippen LogP contribution in [0.2, 0.25) is 0 Å². The molecule has 0 radical (unpaired) electrons. The summed E-state index contributed by atoms with van der Waals surface area (Å²) in [5.41, 5.74) is 1.14. The Hall–Kier alpha value is -1.44. The lowest BCUT2D eigenvalue weighted by Crippen LogP contribution is -2.31. The predicted molar refractivity (Wildman–Crippen MR) is 68.5 cm³/mol. The molecule has 0 saturated carbocycles. The molecule has 0 spiro atoms. The molecule has 0 aromatic heterocycles. The van der Waals surface area contributed by atoms with Gasteiger partial charge in [-0.1, -0.05) is 0 Å². The lowest BCUT2D eigenvalue weighted by atomic mass is 10.1. The van der Waals surface area contributed by atoms with Crippen molar-refractivity contribution >= 4 is 0 Å². The summed E-state index contributed by atoms with van der Waals surface area (Å²) in [5.74, 6) is -0.220. The Morgan fingerprint density at radius 1 is 1.50 bits per heavy atom. The lowest BCUT2D eigenvalue weighted by molar-refractivity contribution is 0.263. The molecule has 1 fully saturated rings. The summed E-state index contributed by atoms with van der Waals surface area (Å²) >= 11 is 0. The van der Waals surface area contributed by atoms with E-state index in [9.17, 15) is 4.39 Å². The topological polar surface area (TPSA) is 30.3 Å². The summed E-state index contributed by atoms with van der Waals surface area (Å²) < 4.78 is 13.7. The maximum atomic E-state index is 13.7. The third-order valence-electron chi connectivity index (χ3n) is 3.55. The van der Waals surface area contributed by atoms with E-state index in [0.29, 0.717) is 23.7 Å². The van der Waals surface area contributed by atoms with E-state index in [1.165, 1.54) is 12.1 Å². The minimum Gasteiger partial charge on any atom is -0.305 e. The van der Waals surface area contributed by atoms with Crippen molar-refractivity contribution < 1.29 is 4.39 Å². The Labute approximate surface area is 107 Å². The number of likely N-dealkylation sites (tertiary alicyclic amines) is 1. The van der Waals surface area contributed by atoms with Crippen molar-refractivity contribution in [1.29, 1.82) is 5.26 Å². The van der Waals surface area contributed by atoms with E-state index in [4.69, 9.17) is 5.26 Å². The molecule has 0 aliphatic carbocycles. The van der Waals surface area contributed by atoms with Crippen molar-refractivity contribution in [3.8, 4) is 6.07 Å². The largest absolute Gasteiger partial charge is 0.305 e. The molecule has 2 rings (SSSR count). The van der Waals surface area contributed by atoms with E-state index < -0.39 is 0 Å². The van der Waals surface area contributed by atoms with E-state index in [-0.39, 0.29) is 5.82 Å². The number of rotatable bonds is 3. The van der Waals surface area contributed by atoms with Gasteiger partial charge in [0.2, 0.25) is 0 Å². The first-order chi connectivity index (χ1) is 8.60. The van der Waals surface area contributed by atoms with Crippen LogP contribution in [-0.2, 0) is 6.54 Å². The summed E-state index contributed by atoms with van der Waals surface area (Å²) in [5, 5.41) is 8.84. The molecule has 1 aromatic rings. The molecule has 4 heteroatoms. The van der Waals surface area contributed by atoms with Crippen LogP contribution in [0.1, 0.15) is 17.5 Å². The smallest absolute Gasteiger partial charge is 0.127 e. The first kappa shape index (κ1) is 13.0. The van der Waals surface area contributed by atoms with Crippen LogP contribution in [0.3, 0.4) is 0 Å². The lowest BCUT2D eigenvalue weighted by Gasteiger charge is -2.20. The van der Waals surface area contributed by atoms with E-state index in [1.54, 1.807) is 6.07 Å². The molecular formula is C14H18FN3. The second-order valence-electron chi connectivity index (χ2n) is 5.06. The SMILES string of the molecule is CN(C)C1CCN(Cc2cc(C#N)ccc2F)C1. The minimum atomic E-state index is -0.220. The highest BCUT2D eigenvalue weighted by Crippen LogP contribution is 2.18. The first-order valence-corrected chi connectivity index (χ1v) is 6.17. The van der Waals surface area contributed by atoms with Gasteiger partial charge in [0.1, 0.15) is 5.82 Å². The van der Waals surface area contributed by atoms with Crippen LogP contribution in [0.5, 0.6) is 0 Å². The summed E-state index contributed by atoms with van der Waals surface area (Å²) in [6.45, 7) is 2.54. The highest BCUT2D eigenvalue weighted by Gasteiger charge is 2.24. The Balaban J connectivity index is 2.04. The summed E-state index contributed by atoms with van der Waals surface area (Å²) in [4.78, 5) is 4.45. The van der Waals surface area contributed by atoms with Gasteiger partial charge < -0.3 is 4.90 Å². The van der Waals surface area contributed by atoms with E-state index in [1.807, 2.05) is 0 Å². The van der Waals surface area contributed by atoms with Gasteiger partial charge in [0.25, 0.3) is 0 Å². The van der Waals surface area contributed by atoms with Crippen LogP contribution in [0, 0.1) is 17.1 Å². The zero-order valence-corrected chi connectivity index (χ0v) is 10.9. The number of hydrogen-bond acceptors (Lipinski definition) is 3. The molecule has 1 aromatic carbocycles.